The van der Waals surface area contributed by atoms with E-state index in [2.05, 4.69) is 0 Å². The highest BCUT2D eigenvalue weighted by atomic mass is 32.3. The van der Waals surface area contributed by atoms with Gasteiger partial charge in [-0.25, -0.2) is 0 Å². The Morgan fingerprint density at radius 2 is 1.64 bits per heavy atom. The van der Waals surface area contributed by atoms with E-state index in [-0.39, 0.29) is 29.7 Å². The second kappa shape index (κ2) is 9.80. The smallest absolute Gasteiger partial charge is 0.394 e. The van der Waals surface area contributed by atoms with Crippen LogP contribution in [0.5, 0.6) is 5.75 Å². The first-order valence-corrected chi connectivity index (χ1v) is 12.8. The highest BCUT2D eigenvalue weighted by Gasteiger charge is 2.63. The van der Waals surface area contributed by atoms with E-state index in [0.29, 0.717) is 11.3 Å². The van der Waals surface area contributed by atoms with Gasteiger partial charge >= 0.3 is 10.4 Å². The minimum Gasteiger partial charge on any atom is -0.510 e. The summed E-state index contributed by atoms with van der Waals surface area (Å²) in [5, 5.41) is 44.2. The first-order valence-electron chi connectivity index (χ1n) is 11.4. The number of anilines is 2. The number of likely N-dealkylation sites (N-methyl/N-ethyl adjacent to an activating group) is 1. The van der Waals surface area contributed by atoms with Gasteiger partial charge in [0.15, 0.2) is 11.4 Å². The number of aromatic hydroxyl groups is 1. The average Bonchev–Trinajstić information content (AvgIpc) is 2.76. The monoisotopic (exact) mass is 570 g/mol. The number of amides is 1. The SMILES string of the molecule is CN(C)c1cc(N)c(O)c2c1CC1CC3[C@H](N(C)C)C(O)=C(C(N)=O)C(=O)[C@@]3(O)C(O)=C1C2=O.O=S(=O)(O)O. The van der Waals surface area contributed by atoms with Gasteiger partial charge in [-0.15, -0.1) is 0 Å². The average molecular weight is 571 g/mol. The Labute approximate surface area is 223 Å². The number of aliphatic hydroxyl groups excluding tert-OH is 2. The molecular formula is C23H30N4O11S. The number of benzene rings is 1. The van der Waals surface area contributed by atoms with E-state index in [4.69, 9.17) is 29.0 Å². The van der Waals surface area contributed by atoms with Crippen LogP contribution in [0, 0.1) is 11.8 Å². The van der Waals surface area contributed by atoms with Crippen LogP contribution in [-0.4, -0.2) is 100 Å². The van der Waals surface area contributed by atoms with E-state index in [1.807, 2.05) is 0 Å². The van der Waals surface area contributed by atoms with Crippen molar-refractivity contribution in [1.29, 1.82) is 0 Å². The number of nitrogens with two attached hydrogens (primary N) is 2. The Bertz CT molecular complexity index is 1440. The Morgan fingerprint density at radius 1 is 1.10 bits per heavy atom. The molecule has 39 heavy (non-hydrogen) atoms. The van der Waals surface area contributed by atoms with Crippen LogP contribution in [0.3, 0.4) is 0 Å². The number of nitrogens with zero attached hydrogens (tertiary/aromatic N) is 2. The molecule has 214 valence electrons. The first-order chi connectivity index (χ1) is 17.7. The third-order valence-electron chi connectivity index (χ3n) is 7.21. The fraction of sp³-hybridized carbons (Fsp3) is 0.435. The number of carbonyl (C=O) groups excluding carboxylic acids is 3. The lowest BCUT2D eigenvalue weighted by Gasteiger charge is -2.50. The molecule has 3 aliphatic carbocycles. The predicted molar refractivity (Wildman–Crippen MR) is 137 cm³/mol. The Kier molecular flexibility index (Phi) is 7.50. The van der Waals surface area contributed by atoms with Crippen LogP contribution >= 0.6 is 0 Å². The van der Waals surface area contributed by atoms with Crippen molar-refractivity contribution in [2.75, 3.05) is 38.8 Å². The number of aliphatic hydroxyl groups is 3. The molecule has 0 bridgehead atoms. The number of hydrogen-bond donors (Lipinski definition) is 8. The van der Waals surface area contributed by atoms with E-state index in [0.717, 1.165) is 0 Å². The maximum atomic E-state index is 13.6. The number of Topliss-reactive ketones (excluding diaryl/α,β-unsaturated/α-hetero) is 2. The predicted octanol–water partition coefficient (Wildman–Crippen LogP) is -0.884. The number of rotatable bonds is 3. The summed E-state index contributed by atoms with van der Waals surface area (Å²) >= 11 is 0. The van der Waals surface area contributed by atoms with Crippen LogP contribution in [0.25, 0.3) is 0 Å². The zero-order valence-corrected chi connectivity index (χ0v) is 22.2. The third-order valence-corrected chi connectivity index (χ3v) is 7.21. The summed E-state index contributed by atoms with van der Waals surface area (Å²) in [5.41, 5.74) is 8.51. The molecule has 1 aromatic carbocycles. The van der Waals surface area contributed by atoms with E-state index >= 15 is 0 Å². The first kappa shape index (κ1) is 29.9. The van der Waals surface area contributed by atoms with Crippen molar-refractivity contribution >= 4 is 39.2 Å². The van der Waals surface area contributed by atoms with Crippen LogP contribution in [-0.2, 0) is 26.4 Å². The van der Waals surface area contributed by atoms with Crippen molar-refractivity contribution in [1.82, 2.24) is 4.90 Å². The Morgan fingerprint density at radius 3 is 2.10 bits per heavy atom. The van der Waals surface area contributed by atoms with Crippen molar-refractivity contribution in [2.45, 2.75) is 24.5 Å². The van der Waals surface area contributed by atoms with E-state index in [1.165, 1.54) is 4.90 Å². The number of phenolic OH excluding ortho intramolecular Hbond substituents is 1. The summed E-state index contributed by atoms with van der Waals surface area (Å²) in [4.78, 5) is 42.1. The molecule has 15 nitrogen and oxygen atoms in total. The van der Waals surface area contributed by atoms with Crippen molar-refractivity contribution in [2.24, 2.45) is 17.6 Å². The summed E-state index contributed by atoms with van der Waals surface area (Å²) in [5.74, 6) is -6.95. The second-order valence-corrected chi connectivity index (χ2v) is 10.9. The van der Waals surface area contributed by atoms with Crippen molar-refractivity contribution in [3.8, 4) is 5.75 Å². The molecule has 1 aromatic rings. The molecule has 2 unspecified atom stereocenters. The normalized spacial score (nSPS) is 26.4. The summed E-state index contributed by atoms with van der Waals surface area (Å²) in [6.45, 7) is 0. The molecule has 0 saturated heterocycles. The summed E-state index contributed by atoms with van der Waals surface area (Å²) < 4.78 is 31.6. The molecule has 3 aliphatic rings. The van der Waals surface area contributed by atoms with Crippen LogP contribution in [0.15, 0.2) is 28.7 Å². The van der Waals surface area contributed by atoms with Gasteiger partial charge in [-0.1, -0.05) is 0 Å². The third kappa shape index (κ3) is 4.80. The number of allylic oxidation sites excluding steroid dienone is 1. The van der Waals surface area contributed by atoms with E-state index < -0.39 is 74.2 Å². The molecule has 16 heteroatoms. The molecule has 0 fully saturated rings. The van der Waals surface area contributed by atoms with E-state index in [1.54, 1.807) is 39.2 Å². The van der Waals surface area contributed by atoms with Gasteiger partial charge in [0.1, 0.15) is 22.8 Å². The molecule has 0 heterocycles. The molecule has 0 aromatic heterocycles. The quantitative estimate of drug-likeness (QED) is 0.0949. The minimum atomic E-state index is -4.67. The van der Waals surface area contributed by atoms with Crippen molar-refractivity contribution in [3.63, 3.8) is 0 Å². The fourth-order valence-corrected chi connectivity index (χ4v) is 5.72. The number of nitrogen functional groups attached to an aromatic ring is 1. The molecule has 4 rings (SSSR count). The number of hydrogen-bond acceptors (Lipinski definition) is 12. The van der Waals surface area contributed by atoms with Gasteiger partial charge in [-0.3, -0.25) is 28.4 Å². The fourth-order valence-electron chi connectivity index (χ4n) is 5.72. The number of ketones is 2. The van der Waals surface area contributed by atoms with Gasteiger partial charge in [0, 0.05) is 31.3 Å². The van der Waals surface area contributed by atoms with Crippen LogP contribution in [0.4, 0.5) is 11.4 Å². The van der Waals surface area contributed by atoms with Gasteiger partial charge in [0.05, 0.1) is 17.3 Å². The van der Waals surface area contributed by atoms with Gasteiger partial charge in [-0.2, -0.15) is 8.42 Å². The van der Waals surface area contributed by atoms with Crippen LogP contribution < -0.4 is 16.4 Å². The highest BCUT2D eigenvalue weighted by molar-refractivity contribution is 7.79. The topological polar surface area (TPSA) is 265 Å². The lowest BCUT2D eigenvalue weighted by Crippen LogP contribution is -2.63. The minimum absolute atomic E-state index is 0.0315. The molecule has 1 amide bonds. The Balaban J connectivity index is 0.000000771. The second-order valence-electron chi connectivity index (χ2n) is 9.99. The molecule has 4 atom stereocenters. The molecule has 0 spiro atoms. The van der Waals surface area contributed by atoms with E-state index in [9.17, 15) is 34.8 Å². The number of primary amides is 1. The zero-order valence-electron chi connectivity index (χ0n) is 21.4. The van der Waals surface area contributed by atoms with Crippen LogP contribution in [0.2, 0.25) is 0 Å². The number of carbonyl (C=O) groups is 3. The molecule has 0 radical (unpaired) electrons. The van der Waals surface area contributed by atoms with Crippen molar-refractivity contribution < 1.29 is 52.3 Å². The standard InChI is InChI=1S/C23H28N4O7.H2O4S/c1-26(2)12-7-11(24)17(28)14-9(12)5-8-6-10-16(27(3)4)19(30)15(22(25)33)21(32)23(10,34)20(31)13(8)18(14)29;1-5(2,3)4/h7-8,10,16,28,30-31,34H,5-6,24H2,1-4H3,(H2,25,33);(H2,1,2,3,4)/t8?,10?,16-,23-;/m0./s1. The Hall–Kier alpha value is -3.70. The maximum absolute atomic E-state index is 13.6. The zero-order chi connectivity index (χ0) is 29.9. The molecular weight excluding hydrogens is 540 g/mol. The summed E-state index contributed by atoms with van der Waals surface area (Å²) in [6, 6.07) is 0.522. The van der Waals surface area contributed by atoms with Crippen LogP contribution in [0.1, 0.15) is 22.3 Å². The summed E-state index contributed by atoms with van der Waals surface area (Å²) in [7, 11) is 2.01. The lowest BCUT2D eigenvalue weighted by molar-refractivity contribution is -0.148. The molecule has 0 saturated carbocycles. The van der Waals surface area contributed by atoms with Gasteiger partial charge < -0.3 is 36.8 Å². The van der Waals surface area contributed by atoms with Gasteiger partial charge in [-0.05, 0) is 44.5 Å². The lowest BCUT2D eigenvalue weighted by atomic mass is 9.58. The van der Waals surface area contributed by atoms with Gasteiger partial charge in [0.25, 0.3) is 5.91 Å². The highest BCUT2D eigenvalue weighted by Crippen LogP contribution is 2.53. The maximum Gasteiger partial charge on any atom is 0.394 e. The number of fused-ring (bicyclic) bond motifs is 3. The largest absolute Gasteiger partial charge is 0.510 e. The van der Waals surface area contributed by atoms with Gasteiger partial charge in [0.2, 0.25) is 5.78 Å². The van der Waals surface area contributed by atoms with Crippen molar-refractivity contribution in [3.05, 3.63) is 39.9 Å². The summed E-state index contributed by atoms with van der Waals surface area (Å²) in [6.07, 6.45) is 0.236. The number of phenols is 1. The molecule has 0 aliphatic heterocycles. The molecule has 10 N–H and O–H groups in total.